The number of aromatic nitrogens is 1. The molecule has 1 aromatic heterocycles. The lowest BCUT2D eigenvalue weighted by Crippen LogP contribution is -2.50. The van der Waals surface area contributed by atoms with Gasteiger partial charge in [-0.25, -0.2) is 0 Å². The van der Waals surface area contributed by atoms with Crippen LogP contribution in [0.3, 0.4) is 0 Å². The molecule has 3 heterocycles. The van der Waals surface area contributed by atoms with Crippen molar-refractivity contribution < 1.29 is 9.59 Å². The molecule has 36 heavy (non-hydrogen) atoms. The lowest BCUT2D eigenvalue weighted by Gasteiger charge is -2.37. The SMILES string of the molecule is Cc1cccc(N2CCN(C(=O)c3cn(CC(C)C)cc(C(=O)N4CCCCCC4)c3=O)CC2)c1C. The fourth-order valence-electron chi connectivity index (χ4n) is 5.31. The van der Waals surface area contributed by atoms with Crippen molar-refractivity contribution in [3.63, 3.8) is 0 Å². The Kier molecular flexibility index (Phi) is 8.17. The zero-order valence-corrected chi connectivity index (χ0v) is 22.3. The molecule has 0 unspecified atom stereocenters. The van der Waals surface area contributed by atoms with Crippen molar-refractivity contribution in [1.29, 1.82) is 0 Å². The van der Waals surface area contributed by atoms with E-state index < -0.39 is 5.43 Å². The van der Waals surface area contributed by atoms with Crippen LogP contribution in [0.4, 0.5) is 5.69 Å². The number of piperazine rings is 1. The Morgan fingerprint density at radius 1 is 0.806 bits per heavy atom. The molecule has 0 radical (unpaired) electrons. The van der Waals surface area contributed by atoms with E-state index in [4.69, 9.17) is 0 Å². The van der Waals surface area contributed by atoms with Crippen LogP contribution in [0.5, 0.6) is 0 Å². The second kappa shape index (κ2) is 11.3. The van der Waals surface area contributed by atoms with Crippen molar-refractivity contribution in [1.82, 2.24) is 14.4 Å². The summed E-state index contributed by atoms with van der Waals surface area (Å²) in [5.41, 5.74) is 3.50. The normalized spacial score (nSPS) is 16.9. The molecule has 2 amide bonds. The number of rotatable bonds is 5. The van der Waals surface area contributed by atoms with E-state index in [0.717, 1.165) is 25.7 Å². The number of carbonyl (C=O) groups is 2. The molecule has 2 aliphatic rings. The Morgan fingerprint density at radius 2 is 1.36 bits per heavy atom. The number of carbonyl (C=O) groups excluding carboxylic acids is 2. The fraction of sp³-hybridized carbons (Fsp3) is 0.552. The van der Waals surface area contributed by atoms with Crippen molar-refractivity contribution in [2.24, 2.45) is 5.92 Å². The molecule has 7 nitrogen and oxygen atoms in total. The number of likely N-dealkylation sites (tertiary alicyclic amines) is 1. The molecule has 194 valence electrons. The van der Waals surface area contributed by atoms with Crippen molar-refractivity contribution in [2.45, 2.75) is 59.9 Å². The van der Waals surface area contributed by atoms with Gasteiger partial charge in [-0.3, -0.25) is 14.4 Å². The van der Waals surface area contributed by atoms with Crippen LogP contribution in [0.1, 0.15) is 71.4 Å². The average molecular weight is 493 g/mol. The molecular formula is C29H40N4O3. The minimum atomic E-state index is -0.439. The molecule has 0 bridgehead atoms. The van der Waals surface area contributed by atoms with Crippen molar-refractivity contribution in [3.8, 4) is 0 Å². The number of benzene rings is 1. The Bertz CT molecular complexity index is 1150. The zero-order chi connectivity index (χ0) is 25.8. The van der Waals surface area contributed by atoms with Gasteiger partial charge in [-0.15, -0.1) is 0 Å². The van der Waals surface area contributed by atoms with E-state index in [2.05, 4.69) is 50.8 Å². The van der Waals surface area contributed by atoms with Crippen LogP contribution in [0, 0.1) is 19.8 Å². The zero-order valence-electron chi connectivity index (χ0n) is 22.3. The number of pyridine rings is 1. The molecule has 2 fully saturated rings. The van der Waals surface area contributed by atoms with E-state index in [1.807, 2.05) is 4.57 Å². The molecule has 4 rings (SSSR count). The molecule has 2 aromatic rings. The second-order valence-electron chi connectivity index (χ2n) is 10.7. The van der Waals surface area contributed by atoms with E-state index in [1.165, 1.54) is 16.8 Å². The van der Waals surface area contributed by atoms with Crippen molar-refractivity contribution in [3.05, 3.63) is 63.1 Å². The van der Waals surface area contributed by atoms with Crippen LogP contribution < -0.4 is 10.3 Å². The lowest BCUT2D eigenvalue weighted by atomic mass is 10.1. The number of hydrogen-bond donors (Lipinski definition) is 0. The van der Waals surface area contributed by atoms with Gasteiger partial charge in [0, 0.05) is 63.9 Å². The van der Waals surface area contributed by atoms with E-state index >= 15 is 0 Å². The lowest BCUT2D eigenvalue weighted by molar-refractivity contribution is 0.0743. The maximum absolute atomic E-state index is 13.6. The maximum Gasteiger partial charge on any atom is 0.259 e. The number of amides is 2. The summed E-state index contributed by atoms with van der Waals surface area (Å²) in [6, 6.07) is 6.31. The van der Waals surface area contributed by atoms with Crippen LogP contribution in [-0.2, 0) is 6.54 Å². The van der Waals surface area contributed by atoms with Crippen LogP contribution in [-0.4, -0.2) is 65.4 Å². The van der Waals surface area contributed by atoms with Gasteiger partial charge in [-0.05, 0) is 49.8 Å². The van der Waals surface area contributed by atoms with Gasteiger partial charge in [0.25, 0.3) is 11.8 Å². The monoisotopic (exact) mass is 492 g/mol. The predicted octanol–water partition coefficient (Wildman–Crippen LogP) is 4.10. The van der Waals surface area contributed by atoms with Crippen molar-refractivity contribution >= 4 is 17.5 Å². The highest BCUT2D eigenvalue weighted by atomic mass is 16.2. The maximum atomic E-state index is 13.6. The molecule has 1 aromatic carbocycles. The highest BCUT2D eigenvalue weighted by Gasteiger charge is 2.28. The molecule has 0 aliphatic carbocycles. The number of aryl methyl sites for hydroxylation is 1. The Balaban J connectivity index is 1.57. The Hall–Kier alpha value is -3.09. The molecule has 0 N–H and O–H groups in total. The summed E-state index contributed by atoms with van der Waals surface area (Å²) in [5.74, 6) is -0.199. The Morgan fingerprint density at radius 3 is 1.92 bits per heavy atom. The van der Waals surface area contributed by atoms with Crippen LogP contribution >= 0.6 is 0 Å². The third kappa shape index (κ3) is 5.66. The fourth-order valence-corrected chi connectivity index (χ4v) is 5.31. The van der Waals surface area contributed by atoms with Gasteiger partial charge in [-0.1, -0.05) is 38.8 Å². The highest BCUT2D eigenvalue weighted by molar-refractivity contribution is 5.99. The quantitative estimate of drug-likeness (QED) is 0.630. The Labute approximate surface area is 214 Å². The minimum Gasteiger partial charge on any atom is -0.368 e. The van der Waals surface area contributed by atoms with Crippen LogP contribution in [0.15, 0.2) is 35.4 Å². The van der Waals surface area contributed by atoms with Gasteiger partial charge < -0.3 is 19.3 Å². The summed E-state index contributed by atoms with van der Waals surface area (Å²) in [5, 5.41) is 0. The topological polar surface area (TPSA) is 65.9 Å². The summed E-state index contributed by atoms with van der Waals surface area (Å²) < 4.78 is 1.86. The highest BCUT2D eigenvalue weighted by Crippen LogP contribution is 2.24. The minimum absolute atomic E-state index is 0.108. The standard InChI is InChI=1S/C29H40N4O3/c1-21(2)18-30-19-24(28(35)32-12-7-5-6-8-13-32)27(34)25(20-30)29(36)33-16-14-31(15-17-33)26-11-9-10-22(3)23(26)4/h9-11,19-21H,5-8,12-18H2,1-4H3. The molecule has 7 heteroatoms. The molecule has 2 saturated heterocycles. The summed E-state index contributed by atoms with van der Waals surface area (Å²) in [7, 11) is 0. The molecule has 0 spiro atoms. The summed E-state index contributed by atoms with van der Waals surface area (Å²) in [4.78, 5) is 46.4. The summed E-state index contributed by atoms with van der Waals surface area (Å²) >= 11 is 0. The average Bonchev–Trinajstić information content (AvgIpc) is 3.15. The molecular weight excluding hydrogens is 452 g/mol. The van der Waals surface area contributed by atoms with Gasteiger partial charge in [0.1, 0.15) is 11.1 Å². The number of anilines is 1. The van der Waals surface area contributed by atoms with Crippen molar-refractivity contribution in [2.75, 3.05) is 44.2 Å². The summed E-state index contributed by atoms with van der Waals surface area (Å²) in [6.45, 7) is 12.9. The second-order valence-corrected chi connectivity index (χ2v) is 10.7. The summed E-state index contributed by atoms with van der Waals surface area (Å²) in [6.07, 6.45) is 7.43. The van der Waals surface area contributed by atoms with Gasteiger partial charge in [0.2, 0.25) is 5.43 Å². The molecule has 0 saturated carbocycles. The van der Waals surface area contributed by atoms with Crippen LogP contribution in [0.2, 0.25) is 0 Å². The number of hydrogen-bond acceptors (Lipinski definition) is 4. The van der Waals surface area contributed by atoms with E-state index in [0.29, 0.717) is 51.7 Å². The predicted molar refractivity (Wildman–Crippen MR) is 144 cm³/mol. The first-order chi connectivity index (χ1) is 17.3. The van der Waals surface area contributed by atoms with Gasteiger partial charge in [0.15, 0.2) is 0 Å². The molecule has 2 aliphatic heterocycles. The first kappa shape index (κ1) is 26.0. The van der Waals surface area contributed by atoms with Crippen LogP contribution in [0.25, 0.3) is 0 Å². The van der Waals surface area contributed by atoms with E-state index in [1.54, 1.807) is 22.2 Å². The third-order valence-electron chi connectivity index (χ3n) is 7.49. The van der Waals surface area contributed by atoms with Gasteiger partial charge in [0.05, 0.1) is 0 Å². The first-order valence-corrected chi connectivity index (χ1v) is 13.4. The van der Waals surface area contributed by atoms with E-state index in [-0.39, 0.29) is 22.9 Å². The smallest absolute Gasteiger partial charge is 0.259 e. The number of nitrogens with zero attached hydrogens (tertiary/aromatic N) is 4. The van der Waals surface area contributed by atoms with Gasteiger partial charge >= 0.3 is 0 Å². The third-order valence-corrected chi connectivity index (χ3v) is 7.49. The largest absolute Gasteiger partial charge is 0.368 e. The molecule has 0 atom stereocenters. The van der Waals surface area contributed by atoms with E-state index in [9.17, 15) is 14.4 Å². The first-order valence-electron chi connectivity index (χ1n) is 13.4. The van der Waals surface area contributed by atoms with Gasteiger partial charge in [-0.2, -0.15) is 0 Å².